The lowest BCUT2D eigenvalue weighted by atomic mass is 9.85. The molecule has 2 atom stereocenters. The highest BCUT2D eigenvalue weighted by atomic mass is 19.1. The zero-order valence-corrected chi connectivity index (χ0v) is 13.8. The molecule has 1 aromatic carbocycles. The van der Waals surface area contributed by atoms with Gasteiger partial charge in [-0.3, -0.25) is 9.59 Å². The number of carbonyl (C=O) groups is 2. The van der Waals surface area contributed by atoms with Gasteiger partial charge in [0.15, 0.2) is 0 Å². The molecule has 1 aromatic rings. The molecule has 2 fully saturated rings. The van der Waals surface area contributed by atoms with Crippen LogP contribution in [-0.4, -0.2) is 53.8 Å². The minimum absolute atomic E-state index is 0.0581. The van der Waals surface area contributed by atoms with Crippen LogP contribution >= 0.6 is 0 Å². The summed E-state index contributed by atoms with van der Waals surface area (Å²) < 4.78 is 13.0. The minimum Gasteiger partial charge on any atom is -0.342 e. The predicted molar refractivity (Wildman–Crippen MR) is 88.7 cm³/mol. The third-order valence-electron chi connectivity index (χ3n) is 5.08. The Morgan fingerprint density at radius 1 is 1.25 bits per heavy atom. The van der Waals surface area contributed by atoms with Crippen molar-refractivity contribution < 1.29 is 14.0 Å². The van der Waals surface area contributed by atoms with E-state index in [2.05, 4.69) is 0 Å². The fourth-order valence-electron chi connectivity index (χ4n) is 3.66. The van der Waals surface area contributed by atoms with Gasteiger partial charge in [0.1, 0.15) is 5.82 Å². The number of benzene rings is 1. The van der Waals surface area contributed by atoms with Gasteiger partial charge in [-0.1, -0.05) is 12.1 Å². The standard InChI is InChI=1S/C18H24FN3O2/c19-14-5-3-13(4-6-14)15-7-10-22(12-16(15)20)18(24)8-11-21-9-1-2-17(21)23/h3-6,15-16H,1-2,7-12,20H2/t15-,16+/m0/s1. The number of piperidine rings is 1. The smallest absolute Gasteiger partial charge is 0.224 e. The number of likely N-dealkylation sites (tertiary alicyclic amines) is 2. The number of rotatable bonds is 4. The first-order valence-corrected chi connectivity index (χ1v) is 8.61. The van der Waals surface area contributed by atoms with E-state index in [1.54, 1.807) is 21.9 Å². The number of halogens is 1. The highest BCUT2D eigenvalue weighted by Gasteiger charge is 2.30. The summed E-state index contributed by atoms with van der Waals surface area (Å²) in [5.74, 6) is 0.100. The quantitative estimate of drug-likeness (QED) is 0.908. The Bertz CT molecular complexity index is 605. The van der Waals surface area contributed by atoms with Gasteiger partial charge >= 0.3 is 0 Å². The molecule has 2 amide bonds. The molecule has 2 N–H and O–H groups in total. The Kier molecular flexibility index (Phi) is 5.14. The van der Waals surface area contributed by atoms with E-state index in [-0.39, 0.29) is 29.6 Å². The average molecular weight is 333 g/mol. The second kappa shape index (κ2) is 7.30. The molecule has 5 nitrogen and oxygen atoms in total. The van der Waals surface area contributed by atoms with E-state index in [1.165, 1.54) is 12.1 Å². The highest BCUT2D eigenvalue weighted by Crippen LogP contribution is 2.27. The molecule has 0 radical (unpaired) electrons. The lowest BCUT2D eigenvalue weighted by molar-refractivity contribution is -0.134. The van der Waals surface area contributed by atoms with E-state index >= 15 is 0 Å². The lowest BCUT2D eigenvalue weighted by Crippen LogP contribution is -2.50. The Morgan fingerprint density at radius 2 is 2.00 bits per heavy atom. The second-order valence-electron chi connectivity index (χ2n) is 6.68. The molecule has 130 valence electrons. The first-order chi connectivity index (χ1) is 11.5. The monoisotopic (exact) mass is 333 g/mol. The van der Waals surface area contributed by atoms with Gasteiger partial charge in [0.2, 0.25) is 11.8 Å². The van der Waals surface area contributed by atoms with Crippen LogP contribution in [0.2, 0.25) is 0 Å². The molecule has 0 saturated carbocycles. The number of amides is 2. The van der Waals surface area contributed by atoms with Gasteiger partial charge in [-0.05, 0) is 30.5 Å². The zero-order chi connectivity index (χ0) is 17.1. The highest BCUT2D eigenvalue weighted by molar-refractivity contribution is 5.80. The summed E-state index contributed by atoms with van der Waals surface area (Å²) in [7, 11) is 0. The van der Waals surface area contributed by atoms with E-state index in [0.29, 0.717) is 32.5 Å². The molecule has 0 aromatic heterocycles. The average Bonchev–Trinajstić information content (AvgIpc) is 2.98. The van der Waals surface area contributed by atoms with Crippen LogP contribution in [0.25, 0.3) is 0 Å². The molecular weight excluding hydrogens is 309 g/mol. The lowest BCUT2D eigenvalue weighted by Gasteiger charge is -2.37. The van der Waals surface area contributed by atoms with Gasteiger partial charge in [0.05, 0.1) is 0 Å². The third kappa shape index (κ3) is 3.75. The van der Waals surface area contributed by atoms with Gasteiger partial charge in [0.25, 0.3) is 0 Å². The SMILES string of the molecule is N[C@@H]1CN(C(=O)CCN2CCCC2=O)CC[C@H]1c1ccc(F)cc1. The van der Waals surface area contributed by atoms with E-state index in [1.807, 2.05) is 0 Å². The van der Waals surface area contributed by atoms with Crippen LogP contribution < -0.4 is 5.73 Å². The molecule has 3 rings (SSSR count). The fourth-order valence-corrected chi connectivity index (χ4v) is 3.66. The van der Waals surface area contributed by atoms with Crippen molar-refractivity contribution in [3.8, 4) is 0 Å². The first-order valence-electron chi connectivity index (χ1n) is 8.61. The van der Waals surface area contributed by atoms with Crippen molar-refractivity contribution in [1.29, 1.82) is 0 Å². The van der Waals surface area contributed by atoms with Crippen LogP contribution in [0.15, 0.2) is 24.3 Å². The summed E-state index contributed by atoms with van der Waals surface area (Å²) in [6.07, 6.45) is 2.63. The summed E-state index contributed by atoms with van der Waals surface area (Å²) in [4.78, 5) is 27.5. The molecule has 24 heavy (non-hydrogen) atoms. The van der Waals surface area contributed by atoms with Crippen LogP contribution in [0.5, 0.6) is 0 Å². The largest absolute Gasteiger partial charge is 0.342 e. The molecule has 0 bridgehead atoms. The number of nitrogens with zero attached hydrogens (tertiary/aromatic N) is 2. The molecule has 6 heteroatoms. The molecule has 2 saturated heterocycles. The van der Waals surface area contributed by atoms with E-state index < -0.39 is 0 Å². The predicted octanol–water partition coefficient (Wildman–Crippen LogP) is 1.48. The van der Waals surface area contributed by atoms with Crippen LogP contribution in [0.3, 0.4) is 0 Å². The second-order valence-corrected chi connectivity index (χ2v) is 6.68. The summed E-state index contributed by atoms with van der Waals surface area (Å²) in [6.45, 7) is 2.43. The van der Waals surface area contributed by atoms with Crippen LogP contribution in [0, 0.1) is 5.82 Å². The maximum atomic E-state index is 13.0. The minimum atomic E-state index is -0.253. The Morgan fingerprint density at radius 3 is 2.62 bits per heavy atom. The van der Waals surface area contributed by atoms with Crippen molar-refractivity contribution >= 4 is 11.8 Å². The van der Waals surface area contributed by atoms with Gasteiger partial charge in [0, 0.05) is 51.0 Å². The maximum absolute atomic E-state index is 13.0. The van der Waals surface area contributed by atoms with Gasteiger partial charge < -0.3 is 15.5 Å². The van der Waals surface area contributed by atoms with Crippen molar-refractivity contribution in [2.45, 2.75) is 37.6 Å². The van der Waals surface area contributed by atoms with Gasteiger partial charge in [-0.2, -0.15) is 0 Å². The first kappa shape index (κ1) is 16.9. The molecular formula is C18H24FN3O2. The van der Waals surface area contributed by atoms with Crippen LogP contribution in [-0.2, 0) is 9.59 Å². The molecule has 0 unspecified atom stereocenters. The summed E-state index contributed by atoms with van der Waals surface area (Å²) >= 11 is 0. The molecule has 2 aliphatic rings. The Hall–Kier alpha value is -1.95. The van der Waals surface area contributed by atoms with Crippen LogP contribution in [0.1, 0.15) is 37.2 Å². The third-order valence-corrected chi connectivity index (χ3v) is 5.08. The van der Waals surface area contributed by atoms with E-state index in [0.717, 1.165) is 24.9 Å². The van der Waals surface area contributed by atoms with Gasteiger partial charge in [-0.25, -0.2) is 4.39 Å². The Balaban J connectivity index is 1.52. The number of hydrogen-bond acceptors (Lipinski definition) is 3. The number of nitrogens with two attached hydrogens (primary N) is 1. The van der Waals surface area contributed by atoms with E-state index in [4.69, 9.17) is 5.73 Å². The zero-order valence-electron chi connectivity index (χ0n) is 13.8. The number of carbonyl (C=O) groups excluding carboxylic acids is 2. The summed E-state index contributed by atoms with van der Waals surface area (Å²) in [5, 5.41) is 0. The van der Waals surface area contributed by atoms with Crippen molar-refractivity contribution in [3.05, 3.63) is 35.6 Å². The fraction of sp³-hybridized carbons (Fsp3) is 0.556. The van der Waals surface area contributed by atoms with Crippen molar-refractivity contribution in [1.82, 2.24) is 9.80 Å². The molecule has 2 aliphatic heterocycles. The van der Waals surface area contributed by atoms with Crippen LogP contribution in [0.4, 0.5) is 4.39 Å². The Labute approximate surface area is 141 Å². The summed E-state index contributed by atoms with van der Waals surface area (Å²) in [5.41, 5.74) is 7.29. The normalized spacial score (nSPS) is 24.5. The van der Waals surface area contributed by atoms with Crippen molar-refractivity contribution in [2.24, 2.45) is 5.73 Å². The maximum Gasteiger partial charge on any atom is 0.224 e. The van der Waals surface area contributed by atoms with Crippen molar-refractivity contribution in [2.75, 3.05) is 26.2 Å². The molecule has 0 spiro atoms. The number of hydrogen-bond donors (Lipinski definition) is 1. The van der Waals surface area contributed by atoms with Gasteiger partial charge in [-0.15, -0.1) is 0 Å². The topological polar surface area (TPSA) is 66.6 Å². The van der Waals surface area contributed by atoms with E-state index in [9.17, 15) is 14.0 Å². The molecule has 2 heterocycles. The van der Waals surface area contributed by atoms with Crippen molar-refractivity contribution in [3.63, 3.8) is 0 Å². The molecule has 0 aliphatic carbocycles. The summed E-state index contributed by atoms with van der Waals surface area (Å²) in [6, 6.07) is 6.30.